The second kappa shape index (κ2) is 6.35. The molecule has 3 nitrogen and oxygen atoms in total. The quantitative estimate of drug-likeness (QED) is 0.889. The van der Waals surface area contributed by atoms with Crippen LogP contribution in [0.25, 0.3) is 0 Å². The molecule has 20 heavy (non-hydrogen) atoms. The lowest BCUT2D eigenvalue weighted by atomic mass is 9.77. The van der Waals surface area contributed by atoms with Gasteiger partial charge in [-0.15, -0.1) is 0 Å². The van der Waals surface area contributed by atoms with Gasteiger partial charge in [0.2, 0.25) is 5.91 Å². The summed E-state index contributed by atoms with van der Waals surface area (Å²) >= 11 is 0. The standard InChI is InChI=1S/C16H23FN2O/c1-3-16(8-5-9-18-11-16)15(20)19-12(2)13-6-4-7-14(17)10-13/h4,6-7,10,12,18H,3,5,8-9,11H2,1-2H3,(H,19,20)/t12-,16?/m0/s1. The molecule has 110 valence electrons. The maximum absolute atomic E-state index is 13.2. The first-order chi connectivity index (χ1) is 9.57. The first-order valence-corrected chi connectivity index (χ1v) is 7.34. The fourth-order valence-corrected chi connectivity index (χ4v) is 2.83. The maximum atomic E-state index is 13.2. The number of carbonyl (C=O) groups excluding carboxylic acids is 1. The molecule has 0 spiro atoms. The molecule has 1 heterocycles. The number of piperidine rings is 1. The molecule has 1 aromatic carbocycles. The van der Waals surface area contributed by atoms with E-state index < -0.39 is 0 Å². The van der Waals surface area contributed by atoms with E-state index >= 15 is 0 Å². The first-order valence-electron chi connectivity index (χ1n) is 7.34. The van der Waals surface area contributed by atoms with Gasteiger partial charge in [-0.25, -0.2) is 4.39 Å². The molecule has 1 aliphatic rings. The predicted molar refractivity (Wildman–Crippen MR) is 77.8 cm³/mol. The lowest BCUT2D eigenvalue weighted by Crippen LogP contribution is -2.50. The summed E-state index contributed by atoms with van der Waals surface area (Å²) in [7, 11) is 0. The van der Waals surface area contributed by atoms with E-state index in [1.165, 1.54) is 12.1 Å². The molecule has 0 aliphatic carbocycles. The van der Waals surface area contributed by atoms with E-state index in [1.807, 2.05) is 13.0 Å². The number of carbonyl (C=O) groups is 1. The second-order valence-corrected chi connectivity index (χ2v) is 5.66. The molecular weight excluding hydrogens is 255 g/mol. The van der Waals surface area contributed by atoms with Crippen LogP contribution in [0.5, 0.6) is 0 Å². The molecule has 2 N–H and O–H groups in total. The summed E-state index contributed by atoms with van der Waals surface area (Å²) in [6.07, 6.45) is 2.76. The van der Waals surface area contributed by atoms with Gasteiger partial charge >= 0.3 is 0 Å². The third-order valence-electron chi connectivity index (χ3n) is 4.33. The summed E-state index contributed by atoms with van der Waals surface area (Å²) in [6, 6.07) is 6.22. The fraction of sp³-hybridized carbons (Fsp3) is 0.562. The van der Waals surface area contributed by atoms with Crippen molar-refractivity contribution >= 4 is 5.91 Å². The van der Waals surface area contributed by atoms with Crippen molar-refractivity contribution in [3.05, 3.63) is 35.6 Å². The summed E-state index contributed by atoms with van der Waals surface area (Å²) in [5.74, 6) is -0.197. The van der Waals surface area contributed by atoms with Gasteiger partial charge in [0.05, 0.1) is 11.5 Å². The third-order valence-corrected chi connectivity index (χ3v) is 4.33. The Morgan fingerprint density at radius 1 is 1.55 bits per heavy atom. The molecule has 2 atom stereocenters. The van der Waals surface area contributed by atoms with Crippen LogP contribution in [-0.2, 0) is 4.79 Å². The summed E-state index contributed by atoms with van der Waals surface area (Å²) in [6.45, 7) is 5.66. The van der Waals surface area contributed by atoms with E-state index in [-0.39, 0.29) is 23.2 Å². The van der Waals surface area contributed by atoms with Crippen LogP contribution in [0.4, 0.5) is 4.39 Å². The van der Waals surface area contributed by atoms with Crippen molar-refractivity contribution in [2.24, 2.45) is 5.41 Å². The zero-order valence-electron chi connectivity index (χ0n) is 12.2. The number of amides is 1. The third kappa shape index (κ3) is 3.18. The molecule has 1 amide bonds. The van der Waals surface area contributed by atoms with Gasteiger partial charge in [-0.1, -0.05) is 19.1 Å². The Morgan fingerprint density at radius 3 is 2.95 bits per heavy atom. The number of rotatable bonds is 4. The van der Waals surface area contributed by atoms with E-state index in [0.717, 1.165) is 37.9 Å². The van der Waals surface area contributed by atoms with E-state index in [0.29, 0.717) is 0 Å². The smallest absolute Gasteiger partial charge is 0.227 e. The molecule has 0 bridgehead atoms. The Labute approximate surface area is 120 Å². The second-order valence-electron chi connectivity index (χ2n) is 5.66. The minimum Gasteiger partial charge on any atom is -0.349 e. The van der Waals surface area contributed by atoms with E-state index in [9.17, 15) is 9.18 Å². The van der Waals surface area contributed by atoms with E-state index in [4.69, 9.17) is 0 Å². The van der Waals surface area contributed by atoms with Crippen molar-refractivity contribution in [2.45, 2.75) is 39.2 Å². The Bertz CT molecular complexity index is 469. The van der Waals surface area contributed by atoms with E-state index in [2.05, 4.69) is 17.6 Å². The highest BCUT2D eigenvalue weighted by Gasteiger charge is 2.38. The van der Waals surface area contributed by atoms with Crippen molar-refractivity contribution in [3.8, 4) is 0 Å². The average molecular weight is 278 g/mol. The number of hydrogen-bond acceptors (Lipinski definition) is 2. The summed E-state index contributed by atoms with van der Waals surface area (Å²) < 4.78 is 13.2. The van der Waals surface area contributed by atoms with Crippen LogP contribution >= 0.6 is 0 Å². The van der Waals surface area contributed by atoms with E-state index in [1.54, 1.807) is 6.07 Å². The van der Waals surface area contributed by atoms with Crippen molar-refractivity contribution in [3.63, 3.8) is 0 Å². The number of benzene rings is 1. The SMILES string of the molecule is CCC1(C(=O)N[C@@H](C)c2cccc(F)c2)CCCNC1. The highest BCUT2D eigenvalue weighted by Crippen LogP contribution is 2.31. The molecule has 1 aromatic rings. The Hall–Kier alpha value is -1.42. The highest BCUT2D eigenvalue weighted by molar-refractivity contribution is 5.83. The van der Waals surface area contributed by atoms with Crippen LogP contribution < -0.4 is 10.6 Å². The lowest BCUT2D eigenvalue weighted by molar-refractivity contribution is -0.133. The molecule has 4 heteroatoms. The van der Waals surface area contributed by atoms with Gasteiger partial charge in [0.15, 0.2) is 0 Å². The van der Waals surface area contributed by atoms with Crippen LogP contribution in [-0.4, -0.2) is 19.0 Å². The summed E-state index contributed by atoms with van der Waals surface area (Å²) in [5, 5.41) is 6.35. The maximum Gasteiger partial charge on any atom is 0.227 e. The largest absolute Gasteiger partial charge is 0.349 e. The predicted octanol–water partition coefficient (Wildman–Crippen LogP) is 2.78. The van der Waals surface area contributed by atoms with Crippen molar-refractivity contribution < 1.29 is 9.18 Å². The summed E-state index contributed by atoms with van der Waals surface area (Å²) in [4.78, 5) is 12.6. The molecule has 1 unspecified atom stereocenters. The minimum absolute atomic E-state index is 0.0731. The summed E-state index contributed by atoms with van der Waals surface area (Å²) in [5.41, 5.74) is 0.480. The molecule has 1 aliphatic heterocycles. The number of halogens is 1. The number of nitrogens with one attached hydrogen (secondary N) is 2. The molecular formula is C16H23FN2O. The fourth-order valence-electron chi connectivity index (χ4n) is 2.83. The molecule has 1 saturated heterocycles. The topological polar surface area (TPSA) is 41.1 Å². The van der Waals surface area contributed by atoms with Crippen molar-refractivity contribution in [1.82, 2.24) is 10.6 Å². The molecule has 0 saturated carbocycles. The van der Waals surface area contributed by atoms with Gasteiger partial charge in [-0.3, -0.25) is 4.79 Å². The van der Waals surface area contributed by atoms with Gasteiger partial charge in [-0.2, -0.15) is 0 Å². The van der Waals surface area contributed by atoms with Crippen molar-refractivity contribution in [1.29, 1.82) is 0 Å². The Balaban J connectivity index is 2.06. The number of hydrogen-bond donors (Lipinski definition) is 2. The molecule has 1 fully saturated rings. The van der Waals surface area contributed by atoms with Crippen LogP contribution in [0.3, 0.4) is 0 Å². The zero-order valence-corrected chi connectivity index (χ0v) is 12.2. The first kappa shape index (κ1) is 15.0. The normalized spacial score (nSPS) is 24.1. The Kier molecular flexibility index (Phi) is 4.76. The van der Waals surface area contributed by atoms with Gasteiger partial charge in [0.1, 0.15) is 5.82 Å². The lowest BCUT2D eigenvalue weighted by Gasteiger charge is -2.36. The zero-order chi connectivity index (χ0) is 14.6. The molecule has 0 aromatic heterocycles. The van der Waals surface area contributed by atoms with Crippen molar-refractivity contribution in [2.75, 3.05) is 13.1 Å². The van der Waals surface area contributed by atoms with Crippen LogP contribution in [0, 0.1) is 11.2 Å². The van der Waals surface area contributed by atoms with Crippen LogP contribution in [0.15, 0.2) is 24.3 Å². The molecule has 0 radical (unpaired) electrons. The van der Waals surface area contributed by atoms with Crippen LogP contribution in [0.1, 0.15) is 44.7 Å². The van der Waals surface area contributed by atoms with Gasteiger partial charge < -0.3 is 10.6 Å². The van der Waals surface area contributed by atoms with Crippen LogP contribution in [0.2, 0.25) is 0 Å². The minimum atomic E-state index is -0.320. The average Bonchev–Trinajstić information content (AvgIpc) is 2.47. The molecule has 2 rings (SSSR count). The monoisotopic (exact) mass is 278 g/mol. The Morgan fingerprint density at radius 2 is 2.35 bits per heavy atom. The van der Waals surface area contributed by atoms with Gasteiger partial charge in [-0.05, 0) is 50.4 Å². The highest BCUT2D eigenvalue weighted by atomic mass is 19.1. The van der Waals surface area contributed by atoms with Gasteiger partial charge in [0, 0.05) is 6.54 Å². The van der Waals surface area contributed by atoms with Gasteiger partial charge in [0.25, 0.3) is 0 Å².